The van der Waals surface area contributed by atoms with Crippen molar-refractivity contribution < 1.29 is 19.4 Å². The summed E-state index contributed by atoms with van der Waals surface area (Å²) < 4.78 is 5.82. The van der Waals surface area contributed by atoms with Crippen molar-refractivity contribution in [3.05, 3.63) is 29.8 Å². The van der Waals surface area contributed by atoms with Crippen LogP contribution in [0.5, 0.6) is 5.75 Å². The molecular formula is C22H32N4O4. The van der Waals surface area contributed by atoms with Gasteiger partial charge in [-0.1, -0.05) is 6.92 Å². The molecule has 0 radical (unpaired) electrons. The normalized spacial score (nSPS) is 22.5. The molecule has 8 nitrogen and oxygen atoms in total. The van der Waals surface area contributed by atoms with Crippen molar-refractivity contribution >= 4 is 12.0 Å². The first kappa shape index (κ1) is 20.9. The fourth-order valence-electron chi connectivity index (χ4n) is 4.62. The van der Waals surface area contributed by atoms with Crippen LogP contribution in [0.25, 0.3) is 0 Å². The zero-order valence-corrected chi connectivity index (χ0v) is 17.8. The number of phenolic OH excluding ortho intramolecular Hbond substituents is 1. The summed E-state index contributed by atoms with van der Waals surface area (Å²) in [7, 11) is 0. The summed E-state index contributed by atoms with van der Waals surface area (Å²) >= 11 is 0. The lowest BCUT2D eigenvalue weighted by molar-refractivity contribution is 0.00312. The van der Waals surface area contributed by atoms with E-state index in [0.717, 1.165) is 39.3 Å². The van der Waals surface area contributed by atoms with E-state index in [1.807, 2.05) is 4.90 Å². The van der Waals surface area contributed by atoms with E-state index in [4.69, 9.17) is 4.74 Å². The quantitative estimate of drug-likeness (QED) is 0.783. The van der Waals surface area contributed by atoms with E-state index in [0.29, 0.717) is 44.6 Å². The number of nitrogens with zero attached hydrogens (tertiary/aromatic N) is 4. The van der Waals surface area contributed by atoms with E-state index in [1.54, 1.807) is 17.0 Å². The first-order chi connectivity index (χ1) is 14.5. The van der Waals surface area contributed by atoms with Gasteiger partial charge in [-0.3, -0.25) is 9.69 Å². The molecule has 30 heavy (non-hydrogen) atoms. The molecule has 1 spiro atoms. The minimum absolute atomic E-state index is 0.0442. The van der Waals surface area contributed by atoms with Gasteiger partial charge in [-0.25, -0.2) is 4.79 Å². The third-order valence-corrected chi connectivity index (χ3v) is 6.72. The number of rotatable bonds is 5. The third-order valence-electron chi connectivity index (χ3n) is 6.72. The van der Waals surface area contributed by atoms with Crippen LogP contribution in [0.3, 0.4) is 0 Å². The molecule has 2 amide bonds. The van der Waals surface area contributed by atoms with Crippen LogP contribution < -0.4 is 0 Å². The average molecular weight is 417 g/mol. The van der Waals surface area contributed by atoms with Gasteiger partial charge in [0.25, 0.3) is 5.91 Å². The van der Waals surface area contributed by atoms with Gasteiger partial charge >= 0.3 is 6.09 Å². The second kappa shape index (κ2) is 8.81. The highest BCUT2D eigenvalue weighted by Crippen LogP contribution is 2.33. The van der Waals surface area contributed by atoms with E-state index in [9.17, 15) is 14.7 Å². The SMILES string of the molecule is CCN1CCN(CCN2CC3(CCN(C(=O)c4ccc(O)cc4)CC3)OC2=O)CC1. The molecule has 3 aliphatic rings. The second-order valence-corrected chi connectivity index (χ2v) is 8.59. The molecule has 0 atom stereocenters. The average Bonchev–Trinajstić information content (AvgIpc) is 3.08. The van der Waals surface area contributed by atoms with Crippen LogP contribution in [-0.4, -0.2) is 108 Å². The molecular weight excluding hydrogens is 384 g/mol. The van der Waals surface area contributed by atoms with Crippen LogP contribution in [-0.2, 0) is 4.74 Å². The fourth-order valence-corrected chi connectivity index (χ4v) is 4.62. The lowest BCUT2D eigenvalue weighted by atomic mass is 9.91. The number of hydrogen-bond donors (Lipinski definition) is 1. The number of carbonyl (C=O) groups is 2. The van der Waals surface area contributed by atoms with E-state index < -0.39 is 5.60 Å². The summed E-state index contributed by atoms with van der Waals surface area (Å²) in [5, 5.41) is 9.40. The molecule has 164 valence electrons. The van der Waals surface area contributed by atoms with Gasteiger partial charge in [-0.15, -0.1) is 0 Å². The molecule has 1 aromatic carbocycles. The summed E-state index contributed by atoms with van der Waals surface area (Å²) in [6.45, 7) is 10.9. The molecule has 4 rings (SSSR count). The number of aromatic hydroxyl groups is 1. The second-order valence-electron chi connectivity index (χ2n) is 8.59. The lowest BCUT2D eigenvalue weighted by Gasteiger charge is -2.37. The Kier molecular flexibility index (Phi) is 6.15. The van der Waals surface area contributed by atoms with Gasteiger partial charge in [0.2, 0.25) is 0 Å². The van der Waals surface area contributed by atoms with Crippen molar-refractivity contribution in [2.45, 2.75) is 25.4 Å². The van der Waals surface area contributed by atoms with Gasteiger partial charge in [0.05, 0.1) is 6.54 Å². The molecule has 3 heterocycles. The predicted molar refractivity (Wildman–Crippen MR) is 113 cm³/mol. The maximum Gasteiger partial charge on any atom is 0.410 e. The van der Waals surface area contributed by atoms with E-state index in [1.165, 1.54) is 12.1 Å². The number of ether oxygens (including phenoxy) is 1. The maximum atomic E-state index is 12.7. The van der Waals surface area contributed by atoms with Gasteiger partial charge < -0.3 is 24.5 Å². The van der Waals surface area contributed by atoms with Crippen molar-refractivity contribution in [3.8, 4) is 5.75 Å². The van der Waals surface area contributed by atoms with Crippen LogP contribution in [0, 0.1) is 0 Å². The Morgan fingerprint density at radius 3 is 2.27 bits per heavy atom. The molecule has 8 heteroatoms. The third kappa shape index (κ3) is 4.54. The van der Waals surface area contributed by atoms with Crippen LogP contribution in [0.15, 0.2) is 24.3 Å². The number of hydrogen-bond acceptors (Lipinski definition) is 6. The predicted octanol–water partition coefficient (Wildman–Crippen LogP) is 1.46. The summed E-state index contributed by atoms with van der Waals surface area (Å²) in [6.07, 6.45) is 1.10. The number of amides is 2. The van der Waals surface area contributed by atoms with Crippen molar-refractivity contribution in [1.29, 1.82) is 0 Å². The molecule has 3 aliphatic heterocycles. The van der Waals surface area contributed by atoms with Crippen LogP contribution >= 0.6 is 0 Å². The molecule has 1 aromatic rings. The summed E-state index contributed by atoms with van der Waals surface area (Å²) in [6, 6.07) is 6.33. The standard InChI is InChI=1S/C22H32N4O4/c1-2-23-11-13-24(14-12-23)15-16-26-17-22(30-21(26)29)7-9-25(10-8-22)20(28)18-3-5-19(27)6-4-18/h3-6,27H,2,7-17H2,1H3. The summed E-state index contributed by atoms with van der Waals surface area (Å²) in [5.41, 5.74) is 0.0981. The fraction of sp³-hybridized carbons (Fsp3) is 0.636. The largest absolute Gasteiger partial charge is 0.508 e. The summed E-state index contributed by atoms with van der Waals surface area (Å²) in [5.74, 6) is 0.103. The van der Waals surface area contributed by atoms with Gasteiger partial charge in [0.15, 0.2) is 0 Å². The zero-order chi connectivity index (χ0) is 21.1. The van der Waals surface area contributed by atoms with Gasteiger partial charge in [0.1, 0.15) is 11.4 Å². The highest BCUT2D eigenvalue weighted by Gasteiger charge is 2.47. The van der Waals surface area contributed by atoms with Gasteiger partial charge in [-0.05, 0) is 30.8 Å². The zero-order valence-electron chi connectivity index (χ0n) is 17.8. The Hall–Kier alpha value is -2.32. The van der Waals surface area contributed by atoms with Crippen LogP contribution in [0.4, 0.5) is 4.79 Å². The molecule has 1 N–H and O–H groups in total. The molecule has 0 unspecified atom stereocenters. The Balaban J connectivity index is 1.26. The first-order valence-electron chi connectivity index (χ1n) is 11.0. The summed E-state index contributed by atoms with van der Waals surface area (Å²) in [4.78, 5) is 33.7. The molecule has 0 aliphatic carbocycles. The van der Waals surface area contributed by atoms with Crippen LogP contribution in [0.2, 0.25) is 0 Å². The molecule has 3 fully saturated rings. The minimum Gasteiger partial charge on any atom is -0.508 e. The minimum atomic E-state index is -0.469. The monoisotopic (exact) mass is 416 g/mol. The van der Waals surface area contributed by atoms with Gasteiger partial charge in [0, 0.05) is 70.8 Å². The number of likely N-dealkylation sites (tertiary alicyclic amines) is 1. The van der Waals surface area contributed by atoms with E-state index >= 15 is 0 Å². The molecule has 0 bridgehead atoms. The highest BCUT2D eigenvalue weighted by molar-refractivity contribution is 5.94. The van der Waals surface area contributed by atoms with Crippen molar-refractivity contribution in [2.75, 3.05) is 65.4 Å². The highest BCUT2D eigenvalue weighted by atomic mass is 16.6. The van der Waals surface area contributed by atoms with Crippen molar-refractivity contribution in [3.63, 3.8) is 0 Å². The number of phenols is 1. The Morgan fingerprint density at radius 1 is 1.00 bits per heavy atom. The van der Waals surface area contributed by atoms with E-state index in [2.05, 4.69) is 16.7 Å². The maximum absolute atomic E-state index is 12.7. The Labute approximate surface area is 178 Å². The molecule has 3 saturated heterocycles. The van der Waals surface area contributed by atoms with Crippen molar-refractivity contribution in [2.24, 2.45) is 0 Å². The number of piperidine rings is 1. The first-order valence-corrected chi connectivity index (χ1v) is 11.0. The van der Waals surface area contributed by atoms with Crippen molar-refractivity contribution in [1.82, 2.24) is 19.6 Å². The Morgan fingerprint density at radius 2 is 1.63 bits per heavy atom. The number of piperazine rings is 1. The molecule has 0 saturated carbocycles. The van der Waals surface area contributed by atoms with Gasteiger partial charge in [-0.2, -0.15) is 0 Å². The van der Waals surface area contributed by atoms with E-state index in [-0.39, 0.29) is 17.7 Å². The molecule has 0 aromatic heterocycles. The van der Waals surface area contributed by atoms with Crippen LogP contribution in [0.1, 0.15) is 30.1 Å². The number of benzene rings is 1. The Bertz CT molecular complexity index is 753. The lowest BCUT2D eigenvalue weighted by Crippen LogP contribution is -2.50. The topological polar surface area (TPSA) is 76.6 Å². The smallest absolute Gasteiger partial charge is 0.410 e. The number of carbonyl (C=O) groups excluding carboxylic acids is 2. The number of likely N-dealkylation sites (N-methyl/N-ethyl adjacent to an activating group) is 1.